The van der Waals surface area contributed by atoms with E-state index < -0.39 is 0 Å². The lowest BCUT2D eigenvalue weighted by molar-refractivity contribution is -0.114. The van der Waals surface area contributed by atoms with Crippen molar-refractivity contribution in [3.8, 4) is 0 Å². The first-order valence-corrected chi connectivity index (χ1v) is 6.79. The number of nitrogens with one attached hydrogen (secondary N) is 2. The maximum Gasteiger partial charge on any atom is 0.243 e. The summed E-state index contributed by atoms with van der Waals surface area (Å²) in [6.07, 6.45) is 0. The van der Waals surface area contributed by atoms with Crippen molar-refractivity contribution in [1.29, 1.82) is 0 Å². The van der Waals surface area contributed by atoms with Gasteiger partial charge in [0.05, 0.1) is 6.54 Å². The molecule has 0 atom stereocenters. The van der Waals surface area contributed by atoms with Crippen molar-refractivity contribution in [2.45, 2.75) is 13.8 Å². The zero-order valence-electron chi connectivity index (χ0n) is 11.5. The fraction of sp³-hybridized carbons (Fsp3) is 0.188. The predicted molar refractivity (Wildman–Crippen MR) is 84.5 cm³/mol. The molecule has 0 radical (unpaired) electrons. The van der Waals surface area contributed by atoms with E-state index in [-0.39, 0.29) is 12.5 Å². The van der Waals surface area contributed by atoms with Crippen molar-refractivity contribution in [1.82, 2.24) is 0 Å². The van der Waals surface area contributed by atoms with Gasteiger partial charge in [-0.15, -0.1) is 0 Å². The van der Waals surface area contributed by atoms with Crippen LogP contribution in [0.2, 0.25) is 5.02 Å². The summed E-state index contributed by atoms with van der Waals surface area (Å²) >= 11 is 5.94. The van der Waals surface area contributed by atoms with Crippen molar-refractivity contribution in [3.05, 3.63) is 58.6 Å². The Kier molecular flexibility index (Phi) is 4.64. The number of halogens is 1. The van der Waals surface area contributed by atoms with Crippen LogP contribution in [0.1, 0.15) is 11.1 Å². The molecule has 0 aliphatic heterocycles. The van der Waals surface area contributed by atoms with Crippen LogP contribution in [-0.4, -0.2) is 12.5 Å². The molecule has 4 heteroatoms. The van der Waals surface area contributed by atoms with Crippen LogP contribution in [0.4, 0.5) is 11.4 Å². The minimum absolute atomic E-state index is 0.0896. The van der Waals surface area contributed by atoms with E-state index in [0.717, 1.165) is 22.5 Å². The maximum atomic E-state index is 11.9. The lowest BCUT2D eigenvalue weighted by atomic mass is 10.2. The Labute approximate surface area is 124 Å². The summed E-state index contributed by atoms with van der Waals surface area (Å²) in [6.45, 7) is 4.18. The van der Waals surface area contributed by atoms with Crippen molar-refractivity contribution in [2.75, 3.05) is 17.2 Å². The average Bonchev–Trinajstić information content (AvgIpc) is 2.42. The van der Waals surface area contributed by atoms with E-state index in [1.165, 1.54) is 0 Å². The summed E-state index contributed by atoms with van der Waals surface area (Å²) in [4.78, 5) is 11.9. The van der Waals surface area contributed by atoms with E-state index in [1.807, 2.05) is 56.3 Å². The number of carbonyl (C=O) groups is 1. The van der Waals surface area contributed by atoms with Crippen LogP contribution in [0.15, 0.2) is 42.5 Å². The molecular formula is C16H17ClN2O. The molecule has 104 valence electrons. The summed E-state index contributed by atoms with van der Waals surface area (Å²) in [5.41, 5.74) is 3.88. The molecule has 0 spiro atoms. The SMILES string of the molecule is Cc1ccc(NC(=O)CNc2cc(Cl)ccc2C)cc1. The van der Waals surface area contributed by atoms with Crippen LogP contribution in [-0.2, 0) is 4.79 Å². The van der Waals surface area contributed by atoms with E-state index in [4.69, 9.17) is 11.6 Å². The highest BCUT2D eigenvalue weighted by atomic mass is 35.5. The summed E-state index contributed by atoms with van der Waals surface area (Å²) in [6, 6.07) is 13.3. The van der Waals surface area contributed by atoms with Gasteiger partial charge in [-0.25, -0.2) is 0 Å². The van der Waals surface area contributed by atoms with Crippen molar-refractivity contribution in [3.63, 3.8) is 0 Å². The monoisotopic (exact) mass is 288 g/mol. The molecule has 0 aromatic heterocycles. The van der Waals surface area contributed by atoms with Gasteiger partial charge in [-0.05, 0) is 43.7 Å². The molecule has 0 saturated carbocycles. The Bertz CT molecular complexity index is 608. The van der Waals surface area contributed by atoms with Gasteiger partial charge in [-0.3, -0.25) is 4.79 Å². The predicted octanol–water partition coefficient (Wildman–Crippen LogP) is 4.01. The van der Waals surface area contributed by atoms with Gasteiger partial charge in [0.1, 0.15) is 0 Å². The highest BCUT2D eigenvalue weighted by Gasteiger charge is 2.04. The Morgan fingerprint density at radius 3 is 2.50 bits per heavy atom. The van der Waals surface area contributed by atoms with Gasteiger partial charge in [0.25, 0.3) is 0 Å². The minimum atomic E-state index is -0.0896. The number of benzene rings is 2. The molecule has 2 aromatic rings. The van der Waals surface area contributed by atoms with Crippen LogP contribution in [0.5, 0.6) is 0 Å². The minimum Gasteiger partial charge on any atom is -0.376 e. The van der Waals surface area contributed by atoms with Gasteiger partial charge < -0.3 is 10.6 Å². The van der Waals surface area contributed by atoms with Crippen LogP contribution in [0.3, 0.4) is 0 Å². The average molecular weight is 289 g/mol. The standard InChI is InChI=1S/C16H17ClN2O/c1-11-3-7-14(8-4-11)19-16(20)10-18-15-9-13(17)6-5-12(15)2/h3-9,18H,10H2,1-2H3,(H,19,20). The van der Waals surface area contributed by atoms with E-state index in [9.17, 15) is 4.79 Å². The second-order valence-electron chi connectivity index (χ2n) is 4.73. The Balaban J connectivity index is 1.92. The third kappa shape index (κ3) is 4.00. The van der Waals surface area contributed by atoms with Crippen molar-refractivity contribution < 1.29 is 4.79 Å². The summed E-state index contributed by atoms with van der Waals surface area (Å²) in [5, 5.41) is 6.58. The molecule has 0 saturated heterocycles. The molecular weight excluding hydrogens is 272 g/mol. The van der Waals surface area contributed by atoms with Gasteiger partial charge in [0.15, 0.2) is 0 Å². The Morgan fingerprint density at radius 1 is 1.10 bits per heavy atom. The van der Waals surface area contributed by atoms with E-state index in [0.29, 0.717) is 5.02 Å². The normalized spacial score (nSPS) is 10.2. The first-order valence-electron chi connectivity index (χ1n) is 6.41. The Morgan fingerprint density at radius 2 is 1.80 bits per heavy atom. The molecule has 0 bridgehead atoms. The summed E-state index contributed by atoms with van der Waals surface area (Å²) in [5.74, 6) is -0.0896. The van der Waals surface area contributed by atoms with E-state index in [1.54, 1.807) is 0 Å². The van der Waals surface area contributed by atoms with Crippen LogP contribution in [0, 0.1) is 13.8 Å². The number of carbonyl (C=O) groups excluding carboxylic acids is 1. The van der Waals surface area contributed by atoms with Crippen LogP contribution < -0.4 is 10.6 Å². The highest BCUT2D eigenvalue weighted by Crippen LogP contribution is 2.19. The smallest absolute Gasteiger partial charge is 0.243 e. The number of amides is 1. The molecule has 0 unspecified atom stereocenters. The quantitative estimate of drug-likeness (QED) is 0.892. The third-order valence-corrected chi connectivity index (χ3v) is 3.21. The molecule has 0 fully saturated rings. The maximum absolute atomic E-state index is 11.9. The largest absolute Gasteiger partial charge is 0.376 e. The number of hydrogen-bond acceptors (Lipinski definition) is 2. The van der Waals surface area contributed by atoms with Crippen molar-refractivity contribution in [2.24, 2.45) is 0 Å². The molecule has 2 N–H and O–H groups in total. The molecule has 3 nitrogen and oxygen atoms in total. The van der Waals surface area contributed by atoms with Gasteiger partial charge in [0, 0.05) is 16.4 Å². The fourth-order valence-electron chi connectivity index (χ4n) is 1.80. The molecule has 0 aliphatic carbocycles. The number of anilines is 2. The lowest BCUT2D eigenvalue weighted by Crippen LogP contribution is -2.22. The second-order valence-corrected chi connectivity index (χ2v) is 5.16. The van der Waals surface area contributed by atoms with E-state index in [2.05, 4.69) is 10.6 Å². The summed E-state index contributed by atoms with van der Waals surface area (Å²) < 4.78 is 0. The van der Waals surface area contributed by atoms with Gasteiger partial charge in [-0.2, -0.15) is 0 Å². The van der Waals surface area contributed by atoms with Crippen LogP contribution in [0.25, 0.3) is 0 Å². The molecule has 2 aromatic carbocycles. The fourth-order valence-corrected chi connectivity index (χ4v) is 1.97. The number of rotatable bonds is 4. The highest BCUT2D eigenvalue weighted by molar-refractivity contribution is 6.30. The molecule has 20 heavy (non-hydrogen) atoms. The second kappa shape index (κ2) is 6.44. The molecule has 0 heterocycles. The van der Waals surface area contributed by atoms with Crippen LogP contribution >= 0.6 is 11.6 Å². The van der Waals surface area contributed by atoms with Gasteiger partial charge in [0.2, 0.25) is 5.91 Å². The molecule has 0 aliphatic rings. The van der Waals surface area contributed by atoms with E-state index >= 15 is 0 Å². The zero-order chi connectivity index (χ0) is 14.5. The Hall–Kier alpha value is -2.00. The zero-order valence-corrected chi connectivity index (χ0v) is 12.3. The first-order chi connectivity index (χ1) is 9.54. The first kappa shape index (κ1) is 14.4. The number of aryl methyl sites for hydroxylation is 2. The van der Waals surface area contributed by atoms with Crippen molar-refractivity contribution >= 4 is 28.9 Å². The summed E-state index contributed by atoms with van der Waals surface area (Å²) in [7, 11) is 0. The molecule has 1 amide bonds. The van der Waals surface area contributed by atoms with Gasteiger partial charge >= 0.3 is 0 Å². The van der Waals surface area contributed by atoms with Gasteiger partial charge in [-0.1, -0.05) is 35.4 Å². The topological polar surface area (TPSA) is 41.1 Å². The lowest BCUT2D eigenvalue weighted by Gasteiger charge is -2.10. The third-order valence-electron chi connectivity index (χ3n) is 2.97. The molecule has 2 rings (SSSR count). The number of hydrogen-bond donors (Lipinski definition) is 2.